The maximum atomic E-state index is 13.9. The lowest BCUT2D eigenvalue weighted by atomic mass is 10.1. The van der Waals surface area contributed by atoms with Crippen molar-refractivity contribution >= 4 is 17.4 Å². The quantitative estimate of drug-likeness (QED) is 0.805. The highest BCUT2D eigenvalue weighted by molar-refractivity contribution is 6.52. The number of benzene rings is 1. The van der Waals surface area contributed by atoms with Crippen LogP contribution >= 0.6 is 0 Å². The number of carbonyl (C=O) groups is 2. The number of nitrogens with zero attached hydrogens (tertiary/aromatic N) is 3. The number of anilines is 1. The minimum Gasteiger partial charge on any atom is -0.302 e. The largest absolute Gasteiger partial charge is 0.302 e. The Morgan fingerprint density at radius 1 is 1.24 bits per heavy atom. The van der Waals surface area contributed by atoms with E-state index in [0.717, 1.165) is 16.5 Å². The van der Waals surface area contributed by atoms with Crippen molar-refractivity contribution in [3.63, 3.8) is 0 Å². The molecule has 0 spiro atoms. The molecule has 21 heavy (non-hydrogen) atoms. The molecule has 0 atom stereocenters. The van der Waals surface area contributed by atoms with E-state index in [-0.39, 0.29) is 17.8 Å². The number of aromatic nitrogens is 2. The average molecular weight is 291 g/mol. The number of carbonyl (C=O) groups excluding carboxylic acids is 2. The van der Waals surface area contributed by atoms with Gasteiger partial charge in [0.25, 0.3) is 11.7 Å². The van der Waals surface area contributed by atoms with E-state index < -0.39 is 23.3 Å². The van der Waals surface area contributed by atoms with Gasteiger partial charge < -0.3 is 4.90 Å². The molecule has 2 heterocycles. The molecule has 0 unspecified atom stereocenters. The van der Waals surface area contributed by atoms with Crippen LogP contribution in [0.25, 0.3) is 0 Å². The van der Waals surface area contributed by atoms with E-state index in [4.69, 9.17) is 0 Å². The van der Waals surface area contributed by atoms with E-state index in [0.29, 0.717) is 12.5 Å². The molecule has 2 aromatic rings. The van der Waals surface area contributed by atoms with Gasteiger partial charge in [-0.3, -0.25) is 14.3 Å². The topological polar surface area (TPSA) is 55.2 Å². The number of amides is 1. The first-order chi connectivity index (χ1) is 9.97. The number of rotatable bonds is 3. The molecule has 0 N–H and O–H groups in total. The molecule has 1 aliphatic rings. The van der Waals surface area contributed by atoms with Gasteiger partial charge in [-0.25, -0.2) is 8.78 Å². The van der Waals surface area contributed by atoms with Crippen LogP contribution in [-0.2, 0) is 18.3 Å². The molecule has 0 saturated carbocycles. The van der Waals surface area contributed by atoms with Gasteiger partial charge in [-0.2, -0.15) is 5.10 Å². The van der Waals surface area contributed by atoms with Crippen molar-refractivity contribution in [2.75, 3.05) is 11.4 Å². The molecule has 7 heteroatoms. The summed E-state index contributed by atoms with van der Waals surface area (Å²) in [6, 6.07) is 1.56. The molecule has 0 saturated heterocycles. The number of hydrogen-bond acceptors (Lipinski definition) is 3. The average Bonchev–Trinajstić information content (AvgIpc) is 2.93. The molecule has 0 bridgehead atoms. The molecule has 0 radical (unpaired) electrons. The van der Waals surface area contributed by atoms with Crippen LogP contribution in [0.4, 0.5) is 14.5 Å². The Labute approximate surface area is 118 Å². The Morgan fingerprint density at radius 2 is 2.00 bits per heavy atom. The number of ketones is 1. The zero-order valence-corrected chi connectivity index (χ0v) is 11.1. The summed E-state index contributed by atoms with van der Waals surface area (Å²) in [5.74, 6) is -3.50. The minimum atomic E-state index is -0.907. The molecule has 1 aliphatic heterocycles. The lowest BCUT2D eigenvalue weighted by Gasteiger charge is -2.16. The van der Waals surface area contributed by atoms with Gasteiger partial charge >= 0.3 is 0 Å². The van der Waals surface area contributed by atoms with E-state index in [1.54, 1.807) is 24.1 Å². The first-order valence-corrected chi connectivity index (χ1v) is 6.30. The second-order valence-electron chi connectivity index (χ2n) is 4.84. The molecule has 108 valence electrons. The third-order valence-corrected chi connectivity index (χ3v) is 3.36. The number of hydrogen-bond donors (Lipinski definition) is 0. The van der Waals surface area contributed by atoms with E-state index in [2.05, 4.69) is 5.10 Å². The number of fused-ring (bicyclic) bond motifs is 1. The zero-order chi connectivity index (χ0) is 15.1. The van der Waals surface area contributed by atoms with Crippen LogP contribution in [0.3, 0.4) is 0 Å². The van der Waals surface area contributed by atoms with Crippen LogP contribution in [0.2, 0.25) is 0 Å². The lowest BCUT2D eigenvalue weighted by molar-refractivity contribution is -0.114. The van der Waals surface area contributed by atoms with Gasteiger partial charge in [-0.1, -0.05) is 0 Å². The number of aryl methyl sites for hydroxylation is 1. The molecule has 1 aromatic carbocycles. The third-order valence-electron chi connectivity index (χ3n) is 3.36. The molecule has 0 fully saturated rings. The molecular formula is C14H11F2N3O2. The first-order valence-electron chi connectivity index (χ1n) is 6.30. The first kappa shape index (κ1) is 13.4. The van der Waals surface area contributed by atoms with Crippen molar-refractivity contribution in [1.82, 2.24) is 9.78 Å². The monoisotopic (exact) mass is 291 g/mol. The van der Waals surface area contributed by atoms with Crippen LogP contribution in [0.1, 0.15) is 15.9 Å². The van der Waals surface area contributed by atoms with Gasteiger partial charge in [0.1, 0.15) is 5.82 Å². The number of Topliss-reactive ketones (excluding diaryl/α,β-unsaturated/α-hetero) is 1. The van der Waals surface area contributed by atoms with Crippen LogP contribution in [0.15, 0.2) is 24.5 Å². The summed E-state index contributed by atoms with van der Waals surface area (Å²) in [6.45, 7) is 0.131. The Bertz CT molecular complexity index is 755. The Morgan fingerprint density at radius 3 is 2.67 bits per heavy atom. The SMILES string of the molecule is Cn1cc(CCN2C(=O)C(=O)c3cc(F)cc(F)c32)cn1. The minimum absolute atomic E-state index is 0.131. The molecule has 3 rings (SSSR count). The molecule has 5 nitrogen and oxygen atoms in total. The van der Waals surface area contributed by atoms with Crippen molar-refractivity contribution in [2.45, 2.75) is 6.42 Å². The van der Waals surface area contributed by atoms with Gasteiger partial charge in [0, 0.05) is 25.9 Å². The van der Waals surface area contributed by atoms with Gasteiger partial charge in [0.15, 0.2) is 5.82 Å². The fourth-order valence-corrected chi connectivity index (χ4v) is 2.41. The Kier molecular flexibility index (Phi) is 3.04. The second-order valence-corrected chi connectivity index (χ2v) is 4.84. The normalized spacial score (nSPS) is 14.0. The fourth-order valence-electron chi connectivity index (χ4n) is 2.41. The molecule has 1 aromatic heterocycles. The molecule has 1 amide bonds. The van der Waals surface area contributed by atoms with Crippen LogP contribution in [-0.4, -0.2) is 28.0 Å². The van der Waals surface area contributed by atoms with Crippen molar-refractivity contribution in [1.29, 1.82) is 0 Å². The Balaban J connectivity index is 1.90. The van der Waals surface area contributed by atoms with Crippen LogP contribution in [0.5, 0.6) is 0 Å². The second kappa shape index (κ2) is 4.76. The highest BCUT2D eigenvalue weighted by Crippen LogP contribution is 2.32. The zero-order valence-electron chi connectivity index (χ0n) is 11.1. The summed E-state index contributed by atoms with van der Waals surface area (Å²) in [4.78, 5) is 24.8. The Hall–Kier alpha value is -2.57. The standard InChI is InChI=1S/C14H11F2N3O2/c1-18-7-8(6-17-18)2-3-19-12-10(13(20)14(19)21)4-9(15)5-11(12)16/h4-7H,2-3H2,1H3. The summed E-state index contributed by atoms with van der Waals surface area (Å²) >= 11 is 0. The van der Waals surface area contributed by atoms with Gasteiger partial charge in [-0.05, 0) is 18.1 Å². The predicted octanol–water partition coefficient (Wildman–Crippen LogP) is 1.47. The summed E-state index contributed by atoms with van der Waals surface area (Å²) in [7, 11) is 1.76. The molecule has 0 aliphatic carbocycles. The smallest absolute Gasteiger partial charge is 0.299 e. The lowest BCUT2D eigenvalue weighted by Crippen LogP contribution is -2.32. The van der Waals surface area contributed by atoms with Crippen molar-refractivity contribution in [2.24, 2.45) is 7.05 Å². The predicted molar refractivity (Wildman–Crippen MR) is 70.0 cm³/mol. The summed E-state index contributed by atoms with van der Waals surface area (Å²) < 4.78 is 28.7. The summed E-state index contributed by atoms with van der Waals surface area (Å²) in [5.41, 5.74) is 0.493. The van der Waals surface area contributed by atoms with Gasteiger partial charge in [0.05, 0.1) is 17.4 Å². The maximum absolute atomic E-state index is 13.9. The van der Waals surface area contributed by atoms with Crippen molar-refractivity contribution in [3.8, 4) is 0 Å². The maximum Gasteiger partial charge on any atom is 0.299 e. The van der Waals surface area contributed by atoms with E-state index >= 15 is 0 Å². The highest BCUT2D eigenvalue weighted by atomic mass is 19.1. The summed E-state index contributed by atoms with van der Waals surface area (Å²) in [5, 5.41) is 3.99. The van der Waals surface area contributed by atoms with E-state index in [1.807, 2.05) is 0 Å². The van der Waals surface area contributed by atoms with Crippen LogP contribution in [0, 0.1) is 11.6 Å². The van der Waals surface area contributed by atoms with E-state index in [9.17, 15) is 18.4 Å². The van der Waals surface area contributed by atoms with Gasteiger partial charge in [0.2, 0.25) is 0 Å². The third kappa shape index (κ3) is 2.20. The van der Waals surface area contributed by atoms with Crippen molar-refractivity contribution in [3.05, 3.63) is 47.3 Å². The fraction of sp³-hybridized carbons (Fsp3) is 0.214. The number of halogens is 2. The summed E-state index contributed by atoms with van der Waals surface area (Å²) in [6.07, 6.45) is 3.82. The highest BCUT2D eigenvalue weighted by Gasteiger charge is 2.38. The van der Waals surface area contributed by atoms with E-state index in [1.165, 1.54) is 0 Å². The van der Waals surface area contributed by atoms with Crippen LogP contribution < -0.4 is 4.90 Å². The van der Waals surface area contributed by atoms with Gasteiger partial charge in [-0.15, -0.1) is 0 Å². The molecular weight excluding hydrogens is 280 g/mol. The van der Waals surface area contributed by atoms with Crippen molar-refractivity contribution < 1.29 is 18.4 Å².